The normalized spacial score (nSPS) is 19.6. The summed E-state index contributed by atoms with van der Waals surface area (Å²) < 4.78 is 203. The standard InChI is InChI=1S/C41H40F5N3O3S/c1-27-6-15-34-36(22-27)49(39(23-37(34)50)53-26-31-4-3-5-35(42)40(31)43)25-38(51)48(33-16-18-47(19-17-33)20-21-52-2)24-28-7-9-29(10-8-28)30-11-13-32(14-12-30)41(44,45)46/h3-15,22-23,33H,16-21,24-26H2,1-2H3/i2D3,6D,15D,20D2,21D2,22D,23D,24D2,25D2. The number of likely N-dealkylation sites (tertiary alicyclic amines) is 1. The fourth-order valence-corrected chi connectivity index (χ4v) is 6.60. The second-order valence-electron chi connectivity index (χ2n) is 11.9. The number of halogens is 5. The molecule has 0 radical (unpaired) electrons. The fourth-order valence-electron chi connectivity index (χ4n) is 5.66. The number of rotatable bonds is 12. The van der Waals surface area contributed by atoms with Crippen LogP contribution in [0.2, 0.25) is 0 Å². The molecule has 53 heavy (non-hydrogen) atoms. The van der Waals surface area contributed by atoms with Crippen molar-refractivity contribution in [3.05, 3.63) is 135 Å². The van der Waals surface area contributed by atoms with E-state index >= 15 is 4.79 Å². The predicted molar refractivity (Wildman–Crippen MR) is 198 cm³/mol. The van der Waals surface area contributed by atoms with Crippen LogP contribution in [0.1, 0.15) is 55.7 Å². The van der Waals surface area contributed by atoms with Crippen LogP contribution >= 0.6 is 11.8 Å². The number of hydrogen-bond donors (Lipinski definition) is 0. The van der Waals surface area contributed by atoms with Crippen molar-refractivity contribution in [2.45, 2.75) is 55.8 Å². The van der Waals surface area contributed by atoms with Gasteiger partial charge in [0.15, 0.2) is 17.1 Å². The molecule has 1 aromatic heterocycles. The maximum Gasteiger partial charge on any atom is 0.416 e. The van der Waals surface area contributed by atoms with E-state index in [1.165, 1.54) is 43.3 Å². The van der Waals surface area contributed by atoms with Crippen molar-refractivity contribution in [3.8, 4) is 11.1 Å². The van der Waals surface area contributed by atoms with E-state index in [0.29, 0.717) is 26.8 Å². The van der Waals surface area contributed by atoms with Crippen LogP contribution in [0.4, 0.5) is 22.0 Å². The van der Waals surface area contributed by atoms with Crippen LogP contribution in [0.5, 0.6) is 0 Å². The summed E-state index contributed by atoms with van der Waals surface area (Å²) in [6.45, 7) is -13.2. The summed E-state index contributed by atoms with van der Waals surface area (Å²) in [4.78, 5) is 30.6. The van der Waals surface area contributed by atoms with E-state index in [4.69, 9.17) is 15.1 Å². The van der Waals surface area contributed by atoms with E-state index in [0.717, 1.165) is 35.2 Å². The largest absolute Gasteiger partial charge is 0.416 e. The monoisotopic (exact) mass is 764 g/mol. The summed E-state index contributed by atoms with van der Waals surface area (Å²) in [5.74, 6) is -4.95. The maximum atomic E-state index is 15.4. The fraction of sp³-hybridized carbons (Fsp3) is 0.317. The summed E-state index contributed by atoms with van der Waals surface area (Å²) in [6, 6.07) is 7.41. The Kier molecular flexibility index (Phi) is 7.32. The summed E-state index contributed by atoms with van der Waals surface area (Å²) in [7, 11) is -3.38. The predicted octanol–water partition coefficient (Wildman–Crippen LogP) is 8.71. The molecule has 0 spiro atoms. The van der Waals surface area contributed by atoms with Gasteiger partial charge in [0, 0.05) is 64.6 Å². The molecule has 2 heterocycles. The van der Waals surface area contributed by atoms with Gasteiger partial charge in [0.05, 0.1) is 40.5 Å². The quantitative estimate of drug-likeness (QED) is 0.0941. The second-order valence-corrected chi connectivity index (χ2v) is 12.9. The van der Waals surface area contributed by atoms with E-state index in [9.17, 15) is 32.2 Å². The van der Waals surface area contributed by atoms with E-state index in [-0.39, 0.29) is 22.3 Å². The van der Waals surface area contributed by atoms with Crippen molar-refractivity contribution >= 4 is 28.6 Å². The number of piperidine rings is 1. The van der Waals surface area contributed by atoms with E-state index in [1.807, 2.05) is 0 Å². The highest BCUT2D eigenvalue weighted by Gasteiger charge is 2.31. The lowest BCUT2D eigenvalue weighted by Gasteiger charge is -2.39. The molecular weight excluding hydrogens is 710 g/mol. The Labute approximate surface area is 330 Å². The average Bonchev–Trinajstić information content (AvgIpc) is 3.25. The zero-order valence-electron chi connectivity index (χ0n) is 42.8. The van der Waals surface area contributed by atoms with Crippen LogP contribution in [0.15, 0.2) is 101 Å². The second kappa shape index (κ2) is 16.7. The highest BCUT2D eigenvalue weighted by molar-refractivity contribution is 7.98. The molecular formula is C41H40F5N3O3S. The van der Waals surface area contributed by atoms with Crippen molar-refractivity contribution in [1.82, 2.24) is 14.4 Å². The molecule has 0 atom stereocenters. The van der Waals surface area contributed by atoms with Crippen molar-refractivity contribution < 1.29 is 52.0 Å². The Morgan fingerprint density at radius 3 is 2.40 bits per heavy atom. The molecule has 12 heteroatoms. The van der Waals surface area contributed by atoms with Gasteiger partial charge in [0.25, 0.3) is 0 Å². The summed E-state index contributed by atoms with van der Waals surface area (Å²) in [6.07, 6.45) is -5.51. The van der Waals surface area contributed by atoms with Crippen LogP contribution < -0.4 is 5.43 Å². The molecule has 6 rings (SSSR count). The van der Waals surface area contributed by atoms with Crippen molar-refractivity contribution in [2.24, 2.45) is 0 Å². The Hall–Kier alpha value is -4.52. The highest BCUT2D eigenvalue weighted by atomic mass is 32.2. The van der Waals surface area contributed by atoms with Crippen LogP contribution in [0.3, 0.4) is 0 Å². The van der Waals surface area contributed by atoms with Gasteiger partial charge in [-0.2, -0.15) is 13.2 Å². The van der Waals surface area contributed by atoms with Gasteiger partial charge >= 0.3 is 6.18 Å². The van der Waals surface area contributed by atoms with Crippen LogP contribution in [-0.2, 0) is 34.5 Å². The first-order chi connectivity index (χ1) is 31.3. The van der Waals surface area contributed by atoms with Gasteiger partial charge in [-0.25, -0.2) is 8.78 Å². The molecule has 1 aliphatic rings. The number of aromatic nitrogens is 1. The molecule has 4 aromatic carbocycles. The number of benzene rings is 4. The Balaban J connectivity index is 1.52. The van der Waals surface area contributed by atoms with Crippen LogP contribution in [0.25, 0.3) is 22.0 Å². The highest BCUT2D eigenvalue weighted by Crippen LogP contribution is 2.32. The number of amides is 1. The molecule has 1 aliphatic heterocycles. The third-order valence-electron chi connectivity index (χ3n) is 8.38. The lowest BCUT2D eigenvalue weighted by molar-refractivity contribution is -0.137. The number of carbonyl (C=O) groups excluding carboxylic acids is 1. The maximum absolute atomic E-state index is 15.4. The number of nitrogens with zero attached hydrogens (tertiary/aromatic N) is 3. The number of fused-ring (bicyclic) bond motifs is 1. The molecule has 0 saturated carbocycles. The molecule has 1 amide bonds. The zero-order chi connectivity index (χ0) is 50.9. The number of ether oxygens (including phenoxy) is 1. The molecule has 5 aromatic rings. The molecule has 278 valence electrons. The smallest absolute Gasteiger partial charge is 0.383 e. The number of alkyl halides is 3. The van der Waals surface area contributed by atoms with Gasteiger partial charge < -0.3 is 19.1 Å². The van der Waals surface area contributed by atoms with Crippen molar-refractivity contribution in [2.75, 3.05) is 33.2 Å². The molecule has 0 unspecified atom stereocenters. The number of pyridine rings is 1. The zero-order valence-corrected chi connectivity index (χ0v) is 28.6. The number of hydrogen-bond acceptors (Lipinski definition) is 5. The van der Waals surface area contributed by atoms with Gasteiger partial charge in [0.1, 0.15) is 6.50 Å². The minimum atomic E-state index is -4.63. The summed E-state index contributed by atoms with van der Waals surface area (Å²) in [5.41, 5.74) is -3.33. The Morgan fingerprint density at radius 1 is 1.02 bits per heavy atom. The average molecular weight is 765 g/mol. The number of methoxy groups -OCH3 is 1. The first-order valence-corrected chi connectivity index (χ1v) is 17.0. The molecule has 0 aliphatic carbocycles. The molecule has 0 N–H and O–H groups in total. The first kappa shape index (κ1) is 23.3. The number of carbonyl (C=O) groups is 1. The molecule has 0 bridgehead atoms. The minimum Gasteiger partial charge on any atom is -0.383 e. The van der Waals surface area contributed by atoms with Gasteiger partial charge in [-0.1, -0.05) is 54.6 Å². The summed E-state index contributed by atoms with van der Waals surface area (Å²) in [5, 5.41) is -1.57. The first-order valence-electron chi connectivity index (χ1n) is 23.5. The molecule has 1 saturated heterocycles. The lowest BCUT2D eigenvalue weighted by Crippen LogP contribution is -2.48. The topological polar surface area (TPSA) is 54.8 Å². The number of thioether (sulfide) groups is 1. The third-order valence-corrected chi connectivity index (χ3v) is 9.39. The van der Waals surface area contributed by atoms with E-state index in [1.54, 1.807) is 0 Å². The molecule has 6 nitrogen and oxygen atoms in total. The van der Waals surface area contributed by atoms with Gasteiger partial charge in [-0.3, -0.25) is 9.59 Å². The minimum absolute atomic E-state index is 0.270. The SMILES string of the molecule is [2H]c1c(C)c([2H])c2c(c1[2H])c(=O)c([2H])c(SCc1cccc(F)c1F)n2C([2H])([2H])C(=O)N(C1CCN(C([2H])([2H])C([2H])([2H])OC([2H])([2H])[2H])CC1)C([2H])([2H])c1ccc(-c2ccc(C(F)(F)F)cc2)cc1. The van der Waals surface area contributed by atoms with Gasteiger partial charge in [-0.05, 0) is 72.3 Å². The lowest BCUT2D eigenvalue weighted by atomic mass is 10.00. The van der Waals surface area contributed by atoms with Crippen molar-refractivity contribution in [1.29, 1.82) is 0 Å². The summed E-state index contributed by atoms with van der Waals surface area (Å²) >= 11 is 0.384. The van der Waals surface area contributed by atoms with Gasteiger partial charge in [0.2, 0.25) is 5.91 Å². The van der Waals surface area contributed by atoms with E-state index < -0.39 is 146 Å². The molecule has 1 fully saturated rings. The van der Waals surface area contributed by atoms with Crippen LogP contribution in [-0.4, -0.2) is 59.5 Å². The Morgan fingerprint density at radius 2 is 1.72 bits per heavy atom. The van der Waals surface area contributed by atoms with E-state index in [2.05, 4.69) is 4.74 Å². The van der Waals surface area contributed by atoms with Crippen molar-refractivity contribution in [3.63, 3.8) is 0 Å². The third kappa shape index (κ3) is 9.17. The Bertz CT molecular complexity index is 2800. The van der Waals surface area contributed by atoms with Crippen LogP contribution in [0, 0.1) is 18.6 Å². The van der Waals surface area contributed by atoms with Gasteiger partial charge in [-0.15, -0.1) is 11.8 Å².